The summed E-state index contributed by atoms with van der Waals surface area (Å²) in [6.07, 6.45) is 1.83. The Morgan fingerprint density at radius 2 is 2.24 bits per heavy atom. The Labute approximate surface area is 133 Å². The third-order valence-electron chi connectivity index (χ3n) is 3.78. The first-order valence-corrected chi connectivity index (χ1v) is 7.41. The fourth-order valence-corrected chi connectivity index (χ4v) is 2.37. The van der Waals surface area contributed by atoms with Crippen LogP contribution in [0, 0.1) is 12.8 Å². The van der Waals surface area contributed by atoms with Gasteiger partial charge in [0, 0.05) is 6.54 Å². The van der Waals surface area contributed by atoms with Gasteiger partial charge >= 0.3 is 0 Å². The second-order valence-electron chi connectivity index (χ2n) is 5.35. The maximum absolute atomic E-state index is 12.0. The van der Waals surface area contributed by atoms with Crippen LogP contribution in [0.3, 0.4) is 0 Å². The number of carbonyl (C=O) groups is 1. The largest absolute Gasteiger partial charge is 0.488 e. The fourth-order valence-electron chi connectivity index (χ4n) is 2.37. The first-order valence-electron chi connectivity index (χ1n) is 7.41. The van der Waals surface area contributed by atoms with Crippen molar-refractivity contribution < 1.29 is 9.53 Å². The molecule has 4 nitrogen and oxygen atoms in total. The van der Waals surface area contributed by atoms with Gasteiger partial charge in [-0.05, 0) is 37.9 Å². The Morgan fingerprint density at radius 3 is 2.86 bits per heavy atom. The number of carbonyl (C=O) groups excluding carboxylic acids is 1. The standard InChI is InChI=1S/C16H24N2O2.ClH/c1-3-14(20-15-7-5-4-6-12(15)2)11-18-16(19)13-8-9-17-10-13;/h4-7,13-14,17H,3,8-11H2,1-2H3,(H,18,19);1H. The lowest BCUT2D eigenvalue weighted by atomic mass is 10.1. The monoisotopic (exact) mass is 312 g/mol. The van der Waals surface area contributed by atoms with Crippen molar-refractivity contribution in [3.05, 3.63) is 29.8 Å². The molecule has 0 aliphatic carbocycles. The van der Waals surface area contributed by atoms with Gasteiger partial charge < -0.3 is 15.4 Å². The van der Waals surface area contributed by atoms with E-state index in [-0.39, 0.29) is 30.3 Å². The normalized spacial score (nSPS) is 18.7. The average Bonchev–Trinajstić information content (AvgIpc) is 2.99. The maximum atomic E-state index is 12.0. The third kappa shape index (κ3) is 5.21. The smallest absolute Gasteiger partial charge is 0.224 e. The van der Waals surface area contributed by atoms with Crippen molar-refractivity contribution in [1.82, 2.24) is 10.6 Å². The molecule has 1 aliphatic heterocycles. The molecule has 2 unspecified atom stereocenters. The summed E-state index contributed by atoms with van der Waals surface area (Å²) in [5, 5.41) is 6.22. The number of hydrogen-bond acceptors (Lipinski definition) is 3. The highest BCUT2D eigenvalue weighted by Gasteiger charge is 2.22. The van der Waals surface area contributed by atoms with Crippen LogP contribution in [0.5, 0.6) is 5.75 Å². The maximum Gasteiger partial charge on any atom is 0.224 e. The van der Waals surface area contributed by atoms with Gasteiger partial charge in [0.15, 0.2) is 0 Å². The summed E-state index contributed by atoms with van der Waals surface area (Å²) in [5.74, 6) is 1.16. The molecule has 2 N–H and O–H groups in total. The van der Waals surface area contributed by atoms with Gasteiger partial charge in [0.2, 0.25) is 5.91 Å². The van der Waals surface area contributed by atoms with Gasteiger partial charge in [-0.1, -0.05) is 25.1 Å². The Balaban J connectivity index is 0.00000220. The minimum atomic E-state index is 0. The summed E-state index contributed by atoms with van der Waals surface area (Å²) in [5.41, 5.74) is 1.12. The first kappa shape index (κ1) is 17.8. The number of aryl methyl sites for hydroxylation is 1. The van der Waals surface area contributed by atoms with Gasteiger partial charge in [-0.2, -0.15) is 0 Å². The zero-order valence-electron chi connectivity index (χ0n) is 12.7. The van der Waals surface area contributed by atoms with E-state index in [1.54, 1.807) is 0 Å². The fraction of sp³-hybridized carbons (Fsp3) is 0.562. The van der Waals surface area contributed by atoms with Crippen LogP contribution in [-0.2, 0) is 4.79 Å². The van der Waals surface area contributed by atoms with Crippen LogP contribution in [0.2, 0.25) is 0 Å². The number of benzene rings is 1. The quantitative estimate of drug-likeness (QED) is 0.847. The highest BCUT2D eigenvalue weighted by Crippen LogP contribution is 2.18. The SMILES string of the molecule is CCC(CNC(=O)C1CCNC1)Oc1ccccc1C.Cl. The van der Waals surface area contributed by atoms with Gasteiger partial charge in [0.25, 0.3) is 0 Å². The Morgan fingerprint density at radius 1 is 1.48 bits per heavy atom. The van der Waals surface area contributed by atoms with E-state index in [9.17, 15) is 4.79 Å². The second kappa shape index (κ2) is 8.90. The van der Waals surface area contributed by atoms with Gasteiger partial charge in [0.1, 0.15) is 11.9 Å². The average molecular weight is 313 g/mol. The molecule has 1 fully saturated rings. The molecule has 1 saturated heterocycles. The van der Waals surface area contributed by atoms with Gasteiger partial charge in [-0.25, -0.2) is 0 Å². The molecule has 0 bridgehead atoms. The molecule has 0 spiro atoms. The van der Waals surface area contributed by atoms with E-state index in [2.05, 4.69) is 17.6 Å². The van der Waals surface area contributed by atoms with E-state index in [4.69, 9.17) is 4.74 Å². The lowest BCUT2D eigenvalue weighted by molar-refractivity contribution is -0.124. The summed E-state index contributed by atoms with van der Waals surface area (Å²) in [4.78, 5) is 12.0. The molecule has 2 atom stereocenters. The van der Waals surface area contributed by atoms with E-state index in [0.717, 1.165) is 37.2 Å². The molecule has 1 amide bonds. The van der Waals surface area contributed by atoms with Crippen LogP contribution < -0.4 is 15.4 Å². The zero-order valence-corrected chi connectivity index (χ0v) is 13.5. The van der Waals surface area contributed by atoms with Crippen molar-refractivity contribution in [2.45, 2.75) is 32.8 Å². The number of rotatable bonds is 6. The topological polar surface area (TPSA) is 50.4 Å². The third-order valence-corrected chi connectivity index (χ3v) is 3.78. The van der Waals surface area contributed by atoms with Crippen molar-refractivity contribution in [2.75, 3.05) is 19.6 Å². The molecule has 0 saturated carbocycles. The predicted molar refractivity (Wildman–Crippen MR) is 87.1 cm³/mol. The molecule has 0 radical (unpaired) electrons. The van der Waals surface area contributed by atoms with E-state index in [1.165, 1.54) is 0 Å². The zero-order chi connectivity index (χ0) is 14.4. The Bertz CT molecular complexity index is 448. The summed E-state index contributed by atoms with van der Waals surface area (Å²) in [6.45, 7) is 6.41. The minimum absolute atomic E-state index is 0. The summed E-state index contributed by atoms with van der Waals surface area (Å²) in [6, 6.07) is 7.97. The van der Waals surface area contributed by atoms with E-state index < -0.39 is 0 Å². The molecule has 1 aromatic rings. The number of amides is 1. The van der Waals surface area contributed by atoms with E-state index in [0.29, 0.717) is 6.54 Å². The molecule has 0 aromatic heterocycles. The molecule has 118 valence electrons. The Kier molecular flexibility index (Phi) is 7.54. The van der Waals surface area contributed by atoms with Crippen LogP contribution in [-0.4, -0.2) is 31.6 Å². The molecule has 1 aromatic carbocycles. The van der Waals surface area contributed by atoms with E-state index >= 15 is 0 Å². The molecule has 1 aliphatic rings. The summed E-state index contributed by atoms with van der Waals surface area (Å²) < 4.78 is 5.98. The molecule has 5 heteroatoms. The lowest BCUT2D eigenvalue weighted by Gasteiger charge is -2.20. The minimum Gasteiger partial charge on any atom is -0.488 e. The van der Waals surface area contributed by atoms with E-state index in [1.807, 2.05) is 31.2 Å². The Hall–Kier alpha value is -1.26. The van der Waals surface area contributed by atoms with Gasteiger partial charge in [-0.15, -0.1) is 12.4 Å². The highest BCUT2D eigenvalue weighted by atomic mass is 35.5. The van der Waals surface area contributed by atoms with Crippen molar-refractivity contribution >= 4 is 18.3 Å². The predicted octanol–water partition coefficient (Wildman–Crippen LogP) is 2.30. The summed E-state index contributed by atoms with van der Waals surface area (Å²) >= 11 is 0. The number of halogens is 1. The number of hydrogen-bond donors (Lipinski definition) is 2. The molecular formula is C16H25ClN2O2. The van der Waals surface area contributed by atoms with Crippen LogP contribution in [0.15, 0.2) is 24.3 Å². The van der Waals surface area contributed by atoms with Gasteiger partial charge in [-0.3, -0.25) is 4.79 Å². The van der Waals surface area contributed by atoms with Crippen molar-refractivity contribution in [3.63, 3.8) is 0 Å². The van der Waals surface area contributed by atoms with Crippen LogP contribution >= 0.6 is 12.4 Å². The number of nitrogens with one attached hydrogen (secondary N) is 2. The van der Waals surface area contributed by atoms with Crippen LogP contribution in [0.1, 0.15) is 25.3 Å². The van der Waals surface area contributed by atoms with Crippen LogP contribution in [0.25, 0.3) is 0 Å². The summed E-state index contributed by atoms with van der Waals surface area (Å²) in [7, 11) is 0. The highest BCUT2D eigenvalue weighted by molar-refractivity contribution is 5.85. The number of ether oxygens (including phenoxy) is 1. The van der Waals surface area contributed by atoms with Crippen molar-refractivity contribution in [1.29, 1.82) is 0 Å². The molecule has 2 rings (SSSR count). The van der Waals surface area contributed by atoms with Crippen molar-refractivity contribution in [2.24, 2.45) is 5.92 Å². The molecule has 1 heterocycles. The van der Waals surface area contributed by atoms with Crippen LogP contribution in [0.4, 0.5) is 0 Å². The first-order chi connectivity index (χ1) is 9.70. The van der Waals surface area contributed by atoms with Gasteiger partial charge in [0.05, 0.1) is 12.5 Å². The number of para-hydroxylation sites is 1. The molecular weight excluding hydrogens is 288 g/mol. The second-order valence-corrected chi connectivity index (χ2v) is 5.35. The molecule has 21 heavy (non-hydrogen) atoms. The lowest BCUT2D eigenvalue weighted by Crippen LogP contribution is -2.39. The van der Waals surface area contributed by atoms with Crippen molar-refractivity contribution in [3.8, 4) is 5.75 Å².